The fraction of sp³-hybridized carbons (Fsp3) is 0.545. The van der Waals surface area contributed by atoms with Crippen LogP contribution in [0.25, 0.3) is 0 Å². The third-order valence-electron chi connectivity index (χ3n) is 6.31. The Morgan fingerprint density at radius 3 is 2.97 bits per heavy atom. The second-order valence-corrected chi connectivity index (χ2v) is 8.65. The van der Waals surface area contributed by atoms with Gasteiger partial charge in [-0.15, -0.1) is 5.10 Å². The van der Waals surface area contributed by atoms with E-state index >= 15 is 0 Å². The van der Waals surface area contributed by atoms with Gasteiger partial charge in [0.05, 0.1) is 7.11 Å². The average molecular weight is 436 g/mol. The first-order valence-electron chi connectivity index (χ1n) is 11.3. The zero-order valence-corrected chi connectivity index (χ0v) is 18.6. The summed E-state index contributed by atoms with van der Waals surface area (Å²) in [5.74, 6) is 4.58. The number of ether oxygens (including phenoxy) is 1. The van der Waals surface area contributed by atoms with Crippen LogP contribution in [0.3, 0.4) is 0 Å². The van der Waals surface area contributed by atoms with E-state index in [1.54, 1.807) is 7.11 Å². The van der Waals surface area contributed by atoms with Gasteiger partial charge in [-0.25, -0.2) is 4.68 Å². The van der Waals surface area contributed by atoms with Crippen LogP contribution in [0.1, 0.15) is 36.5 Å². The van der Waals surface area contributed by atoms with Crippen LogP contribution < -0.4 is 15.0 Å². The van der Waals surface area contributed by atoms with E-state index in [1.807, 2.05) is 17.7 Å². The molecule has 1 saturated heterocycles. The van der Waals surface area contributed by atoms with Crippen molar-refractivity contribution in [1.82, 2.24) is 35.2 Å². The van der Waals surface area contributed by atoms with Crippen molar-refractivity contribution in [3.8, 4) is 5.75 Å². The number of tetrazole rings is 1. The van der Waals surface area contributed by atoms with Crippen molar-refractivity contribution in [3.05, 3.63) is 41.5 Å². The number of hydrogen-bond donors (Lipinski definition) is 1. The molecule has 168 valence electrons. The summed E-state index contributed by atoms with van der Waals surface area (Å²) >= 11 is 0. The molecule has 1 fully saturated rings. The Labute approximate surface area is 187 Å². The third-order valence-corrected chi connectivity index (χ3v) is 6.31. The summed E-state index contributed by atoms with van der Waals surface area (Å²) in [5.41, 5.74) is 1.31. The van der Waals surface area contributed by atoms with Gasteiger partial charge in [-0.1, -0.05) is 12.1 Å². The Balaban J connectivity index is 1.22. The molecule has 0 radical (unpaired) electrons. The van der Waals surface area contributed by atoms with Crippen molar-refractivity contribution in [2.45, 2.75) is 51.6 Å². The Morgan fingerprint density at radius 2 is 2.06 bits per heavy atom. The molecule has 2 aromatic heterocycles. The second-order valence-electron chi connectivity index (χ2n) is 8.65. The lowest BCUT2D eigenvalue weighted by molar-refractivity contribution is 0.414. The van der Waals surface area contributed by atoms with Crippen LogP contribution in [0.5, 0.6) is 5.75 Å². The molecule has 10 heteroatoms. The van der Waals surface area contributed by atoms with Gasteiger partial charge in [0, 0.05) is 32.1 Å². The predicted octanol–water partition coefficient (Wildman–Crippen LogP) is 2.06. The summed E-state index contributed by atoms with van der Waals surface area (Å²) in [5, 5.41) is 15.4. The molecule has 1 N–H and O–H groups in total. The van der Waals surface area contributed by atoms with E-state index in [2.05, 4.69) is 53.9 Å². The zero-order chi connectivity index (χ0) is 21.9. The molecule has 0 saturated carbocycles. The highest BCUT2D eigenvalue weighted by Crippen LogP contribution is 2.26. The Kier molecular flexibility index (Phi) is 5.83. The van der Waals surface area contributed by atoms with E-state index in [-0.39, 0.29) is 6.04 Å². The van der Waals surface area contributed by atoms with Gasteiger partial charge < -0.3 is 15.0 Å². The molecular formula is C22H29N9O. The molecule has 0 amide bonds. The highest BCUT2D eigenvalue weighted by molar-refractivity contribution is 5.39. The van der Waals surface area contributed by atoms with Crippen molar-refractivity contribution in [3.63, 3.8) is 0 Å². The number of nitrogens with one attached hydrogen (secondary N) is 1. The van der Waals surface area contributed by atoms with Crippen molar-refractivity contribution in [2.75, 3.05) is 30.4 Å². The lowest BCUT2D eigenvalue weighted by Gasteiger charge is -2.20. The first-order chi connectivity index (χ1) is 15.7. The monoisotopic (exact) mass is 435 g/mol. The molecular weight excluding hydrogens is 406 g/mol. The van der Waals surface area contributed by atoms with Gasteiger partial charge in [0.2, 0.25) is 11.9 Å². The lowest BCUT2D eigenvalue weighted by atomic mass is 9.98. The molecule has 0 spiro atoms. The van der Waals surface area contributed by atoms with Crippen molar-refractivity contribution < 1.29 is 4.74 Å². The summed E-state index contributed by atoms with van der Waals surface area (Å²) in [6.07, 6.45) is 4.89. The highest BCUT2D eigenvalue weighted by Gasteiger charge is 2.26. The normalized spacial score (nSPS) is 20.6. The maximum atomic E-state index is 5.36. The van der Waals surface area contributed by atoms with E-state index < -0.39 is 0 Å². The van der Waals surface area contributed by atoms with Gasteiger partial charge in [-0.3, -0.25) is 0 Å². The number of fused-ring (bicyclic) bond motifs is 1. The van der Waals surface area contributed by atoms with Crippen molar-refractivity contribution in [2.24, 2.45) is 5.92 Å². The summed E-state index contributed by atoms with van der Waals surface area (Å²) in [6.45, 7) is 4.64. The topological polar surface area (TPSA) is 107 Å². The number of methoxy groups -OCH3 is 1. The minimum absolute atomic E-state index is 0.271. The summed E-state index contributed by atoms with van der Waals surface area (Å²) < 4.78 is 7.25. The number of benzene rings is 1. The minimum Gasteiger partial charge on any atom is -0.497 e. The highest BCUT2D eigenvalue weighted by atomic mass is 16.5. The van der Waals surface area contributed by atoms with Gasteiger partial charge in [0.1, 0.15) is 11.6 Å². The molecule has 5 rings (SSSR count). The molecule has 2 unspecified atom stereocenters. The van der Waals surface area contributed by atoms with E-state index in [9.17, 15) is 0 Å². The van der Waals surface area contributed by atoms with E-state index in [4.69, 9.17) is 9.72 Å². The van der Waals surface area contributed by atoms with Crippen molar-refractivity contribution in [1.29, 1.82) is 0 Å². The molecule has 4 heterocycles. The number of aromatic nitrogens is 7. The van der Waals surface area contributed by atoms with Crippen LogP contribution in [0.4, 0.5) is 11.9 Å². The largest absolute Gasteiger partial charge is 0.497 e. The number of rotatable bonds is 6. The minimum atomic E-state index is 0.271. The number of nitrogens with zero attached hydrogens (tertiary/aromatic N) is 8. The van der Waals surface area contributed by atoms with E-state index in [1.165, 1.54) is 5.56 Å². The lowest BCUT2D eigenvalue weighted by Crippen LogP contribution is -2.26. The van der Waals surface area contributed by atoms with Crippen LogP contribution in [0, 0.1) is 12.8 Å². The molecule has 0 aliphatic carbocycles. The molecule has 10 nitrogen and oxygen atoms in total. The summed E-state index contributed by atoms with van der Waals surface area (Å²) in [6, 6.07) is 8.61. The van der Waals surface area contributed by atoms with Crippen LogP contribution in [-0.4, -0.2) is 61.4 Å². The molecule has 2 aliphatic rings. The first-order valence-corrected chi connectivity index (χ1v) is 11.3. The van der Waals surface area contributed by atoms with Gasteiger partial charge >= 0.3 is 0 Å². The Morgan fingerprint density at radius 1 is 1.12 bits per heavy atom. The molecule has 2 aliphatic heterocycles. The molecule has 2 atom stereocenters. The van der Waals surface area contributed by atoms with Crippen LogP contribution in [-0.2, 0) is 19.4 Å². The quantitative estimate of drug-likeness (QED) is 0.622. The third kappa shape index (κ3) is 4.63. The molecule has 0 bridgehead atoms. The van der Waals surface area contributed by atoms with Crippen LogP contribution >= 0.6 is 0 Å². The predicted molar refractivity (Wildman–Crippen MR) is 120 cm³/mol. The van der Waals surface area contributed by atoms with Gasteiger partial charge in [-0.2, -0.15) is 15.0 Å². The van der Waals surface area contributed by atoms with Crippen LogP contribution in [0.15, 0.2) is 24.3 Å². The van der Waals surface area contributed by atoms with E-state index in [0.29, 0.717) is 11.9 Å². The van der Waals surface area contributed by atoms with Gasteiger partial charge in [0.25, 0.3) is 0 Å². The number of aryl methyl sites for hydroxylation is 3. The number of hydrogen-bond acceptors (Lipinski definition) is 9. The maximum Gasteiger partial charge on any atom is 0.230 e. The first kappa shape index (κ1) is 20.6. The SMILES string of the molecule is COc1cccc(CC2CCN(c3nc(C)nc(NC4CCc5nnnn5CC4)n3)C2)c1. The molecule has 1 aromatic carbocycles. The summed E-state index contributed by atoms with van der Waals surface area (Å²) in [4.78, 5) is 16.2. The van der Waals surface area contributed by atoms with E-state index in [0.717, 1.165) is 75.1 Å². The fourth-order valence-electron chi connectivity index (χ4n) is 4.62. The van der Waals surface area contributed by atoms with Gasteiger partial charge in [0.15, 0.2) is 5.82 Å². The standard InChI is InChI=1S/C22H29N9O/c1-15-23-21(25-18-6-7-20-27-28-29-31(20)11-9-18)26-22(24-15)30-10-8-17(14-30)12-16-4-3-5-19(13-16)32-2/h3-5,13,17-18H,6-12,14H2,1-2H3,(H,23,24,25,26). The van der Waals surface area contributed by atoms with Crippen LogP contribution in [0.2, 0.25) is 0 Å². The summed E-state index contributed by atoms with van der Waals surface area (Å²) in [7, 11) is 1.71. The fourth-order valence-corrected chi connectivity index (χ4v) is 4.62. The Bertz CT molecular complexity index is 1050. The average Bonchev–Trinajstić information content (AvgIpc) is 3.41. The second kappa shape index (κ2) is 9.05. The molecule has 3 aromatic rings. The van der Waals surface area contributed by atoms with Crippen molar-refractivity contribution >= 4 is 11.9 Å². The number of anilines is 2. The zero-order valence-electron chi connectivity index (χ0n) is 18.6. The maximum absolute atomic E-state index is 5.36. The van der Waals surface area contributed by atoms with Gasteiger partial charge in [-0.05, 0) is 66.6 Å². The Hall–Kier alpha value is -3.30. The smallest absolute Gasteiger partial charge is 0.230 e. The molecule has 32 heavy (non-hydrogen) atoms.